The number of carbonyl (C=O) groups is 1. The minimum absolute atomic E-state index is 0.00731. The van der Waals surface area contributed by atoms with Crippen LogP contribution in [0.4, 0.5) is 0 Å². The van der Waals surface area contributed by atoms with Crippen molar-refractivity contribution >= 4 is 48.0 Å². The lowest BCUT2D eigenvalue weighted by molar-refractivity contribution is -0.131. The maximum Gasteiger partial charge on any atom is 0.261 e. The van der Waals surface area contributed by atoms with Crippen LogP contribution >= 0.6 is 23.5 Å². The van der Waals surface area contributed by atoms with Gasteiger partial charge in [0.15, 0.2) is 0 Å². The molecule has 0 unspecified atom stereocenters. The van der Waals surface area contributed by atoms with Crippen molar-refractivity contribution in [3.05, 3.63) is 90.5 Å². The number of rotatable bonds is 17. The highest BCUT2D eigenvalue weighted by molar-refractivity contribution is 8.18. The van der Waals surface area contributed by atoms with Crippen LogP contribution in [-0.2, 0) is 20.6 Å². The molecule has 0 spiro atoms. The van der Waals surface area contributed by atoms with Crippen LogP contribution in [0.2, 0.25) is 5.04 Å². The normalized spacial score (nSPS) is 17.1. The van der Waals surface area contributed by atoms with Gasteiger partial charge in [-0.2, -0.15) is 0 Å². The number of Topliss-reactive ketones (excluding diaryl/α,β-unsaturated/α-hetero) is 1. The van der Waals surface area contributed by atoms with Crippen molar-refractivity contribution in [2.24, 2.45) is 11.8 Å². The number of unbranched alkanes of at least 4 members (excludes halogenated alkanes) is 1. The van der Waals surface area contributed by atoms with Crippen LogP contribution in [0.3, 0.4) is 0 Å². The minimum Gasteiger partial charge on any atom is -0.497 e. The summed E-state index contributed by atoms with van der Waals surface area (Å²) in [6.45, 7) is 14.4. The van der Waals surface area contributed by atoms with Crippen LogP contribution in [0.5, 0.6) is 5.75 Å². The zero-order valence-corrected chi connectivity index (χ0v) is 32.3. The summed E-state index contributed by atoms with van der Waals surface area (Å²) in [6.07, 6.45) is 4.91. The van der Waals surface area contributed by atoms with Crippen LogP contribution < -0.4 is 15.1 Å². The van der Waals surface area contributed by atoms with Gasteiger partial charge in [0.1, 0.15) is 11.5 Å². The predicted octanol–water partition coefficient (Wildman–Crippen LogP) is 9.15. The molecule has 1 fully saturated rings. The second kappa shape index (κ2) is 17.6. The Morgan fingerprint density at radius 2 is 1.47 bits per heavy atom. The smallest absolute Gasteiger partial charge is 0.261 e. The van der Waals surface area contributed by atoms with Crippen molar-refractivity contribution < 1.29 is 18.7 Å². The van der Waals surface area contributed by atoms with Crippen LogP contribution in [0.15, 0.2) is 84.9 Å². The Balaban J connectivity index is 1.63. The van der Waals surface area contributed by atoms with E-state index < -0.39 is 8.32 Å². The number of benzene rings is 3. The van der Waals surface area contributed by atoms with Crippen molar-refractivity contribution in [2.75, 3.05) is 25.2 Å². The number of ether oxygens (including phenoxy) is 2. The molecule has 3 atom stereocenters. The van der Waals surface area contributed by atoms with Gasteiger partial charge in [0.2, 0.25) is 0 Å². The van der Waals surface area contributed by atoms with Gasteiger partial charge in [0.25, 0.3) is 8.32 Å². The molecule has 0 bridgehead atoms. The van der Waals surface area contributed by atoms with E-state index in [1.165, 1.54) is 16.8 Å². The predicted molar refractivity (Wildman–Crippen MR) is 205 cm³/mol. The molecule has 0 saturated carbocycles. The van der Waals surface area contributed by atoms with E-state index >= 15 is 0 Å². The quantitative estimate of drug-likeness (QED) is 0.132. The van der Waals surface area contributed by atoms with E-state index in [0.717, 1.165) is 42.1 Å². The molecule has 4 rings (SSSR count). The monoisotopic (exact) mass is 692 g/mol. The fourth-order valence-electron chi connectivity index (χ4n) is 6.84. The van der Waals surface area contributed by atoms with Crippen LogP contribution in [0.1, 0.15) is 79.2 Å². The Hall–Kier alpha value is -2.03. The summed E-state index contributed by atoms with van der Waals surface area (Å²) in [5, 5.41) is 2.39. The Morgan fingerprint density at radius 3 is 1.98 bits per heavy atom. The van der Waals surface area contributed by atoms with Gasteiger partial charge in [-0.3, -0.25) is 4.79 Å². The van der Waals surface area contributed by atoms with Gasteiger partial charge in [-0.05, 0) is 57.5 Å². The minimum atomic E-state index is -2.74. The van der Waals surface area contributed by atoms with E-state index in [1.807, 2.05) is 47.8 Å². The van der Waals surface area contributed by atoms with Crippen LogP contribution in [-0.4, -0.2) is 49.5 Å². The SMILES string of the molecule is CCCCC1(CC(=O)[C@@H](C)[C@H](OCc2ccc(OC)cc2)[C@H](C)CO[Si](c2ccccc2)(c2ccccc2)C(C)(C)C)SCCCS1. The first kappa shape index (κ1) is 37.8. The van der Waals surface area contributed by atoms with Gasteiger partial charge in [-0.25, -0.2) is 0 Å². The number of methoxy groups -OCH3 is 1. The summed E-state index contributed by atoms with van der Waals surface area (Å²) < 4.78 is 19.5. The van der Waals surface area contributed by atoms with Crippen molar-refractivity contribution in [1.82, 2.24) is 0 Å². The third-order valence-corrected chi connectivity index (χ3v) is 18.0. The van der Waals surface area contributed by atoms with Crippen molar-refractivity contribution in [2.45, 2.75) is 95.5 Å². The molecular formula is C40H56O4S2Si. The number of thioether (sulfide) groups is 2. The van der Waals surface area contributed by atoms with Crippen molar-refractivity contribution in [3.8, 4) is 5.75 Å². The molecule has 47 heavy (non-hydrogen) atoms. The van der Waals surface area contributed by atoms with Gasteiger partial charge in [0.05, 0.1) is 23.9 Å². The van der Waals surface area contributed by atoms with E-state index in [-0.39, 0.29) is 27.1 Å². The molecule has 0 radical (unpaired) electrons. The lowest BCUT2D eigenvalue weighted by Crippen LogP contribution is -2.67. The molecule has 1 aliphatic heterocycles. The Bertz CT molecular complexity index is 1310. The lowest BCUT2D eigenvalue weighted by Gasteiger charge is -2.44. The Labute approximate surface area is 294 Å². The third-order valence-electron chi connectivity index (χ3n) is 9.52. The first-order chi connectivity index (χ1) is 22.5. The van der Waals surface area contributed by atoms with E-state index in [9.17, 15) is 4.79 Å². The molecule has 7 heteroatoms. The van der Waals surface area contributed by atoms with E-state index in [2.05, 4.69) is 102 Å². The van der Waals surface area contributed by atoms with E-state index in [4.69, 9.17) is 13.9 Å². The van der Waals surface area contributed by atoms with Crippen molar-refractivity contribution in [3.63, 3.8) is 0 Å². The van der Waals surface area contributed by atoms with E-state index in [0.29, 0.717) is 25.4 Å². The summed E-state index contributed by atoms with van der Waals surface area (Å²) in [5.74, 6) is 3.14. The summed E-state index contributed by atoms with van der Waals surface area (Å²) in [5.41, 5.74) is 1.06. The Kier molecular flexibility index (Phi) is 14.1. The molecular weight excluding hydrogens is 637 g/mol. The van der Waals surface area contributed by atoms with Gasteiger partial charge < -0.3 is 13.9 Å². The molecule has 3 aromatic carbocycles. The molecule has 0 aromatic heterocycles. The van der Waals surface area contributed by atoms with Crippen molar-refractivity contribution in [1.29, 1.82) is 0 Å². The fourth-order valence-corrected chi connectivity index (χ4v) is 14.9. The number of hydrogen-bond acceptors (Lipinski definition) is 6. The third kappa shape index (κ3) is 9.57. The first-order valence-electron chi connectivity index (χ1n) is 17.4. The van der Waals surface area contributed by atoms with Gasteiger partial charge >= 0.3 is 0 Å². The Morgan fingerprint density at radius 1 is 0.894 bits per heavy atom. The number of hydrogen-bond donors (Lipinski definition) is 0. The highest BCUT2D eigenvalue weighted by Gasteiger charge is 2.50. The second-order valence-corrected chi connectivity index (χ2v) is 21.6. The van der Waals surface area contributed by atoms with E-state index in [1.54, 1.807) is 7.11 Å². The summed E-state index contributed by atoms with van der Waals surface area (Å²) >= 11 is 4.02. The van der Waals surface area contributed by atoms with Gasteiger partial charge in [-0.1, -0.05) is 127 Å². The molecule has 1 saturated heterocycles. The molecule has 0 amide bonds. The summed E-state index contributed by atoms with van der Waals surface area (Å²) in [4.78, 5) is 14.3. The molecule has 0 aliphatic carbocycles. The maximum atomic E-state index is 14.3. The van der Waals surface area contributed by atoms with Crippen LogP contribution in [0, 0.1) is 11.8 Å². The number of ketones is 1. The average molecular weight is 693 g/mol. The highest BCUT2D eigenvalue weighted by Crippen LogP contribution is 2.49. The molecule has 1 aliphatic rings. The summed E-state index contributed by atoms with van der Waals surface area (Å²) in [7, 11) is -1.06. The standard InChI is InChI=1S/C40H56O4S2Si/c1-8-9-25-40(45-26-16-27-46-40)28-37(41)32(3)38(43-30-33-21-23-34(42-7)24-22-33)31(2)29-44-47(39(4,5)6,35-17-12-10-13-18-35)36-19-14-11-15-20-36/h10-15,17-24,31-32,38H,8-9,16,25-30H2,1-7H3/t31-,32-,38-/m1/s1. The van der Waals surface area contributed by atoms with Gasteiger partial charge in [0, 0.05) is 24.9 Å². The van der Waals surface area contributed by atoms with Crippen LogP contribution in [0.25, 0.3) is 0 Å². The first-order valence-corrected chi connectivity index (χ1v) is 21.2. The second-order valence-electron chi connectivity index (χ2n) is 14.1. The maximum absolute atomic E-state index is 14.3. The zero-order chi connectivity index (χ0) is 33.9. The molecule has 256 valence electrons. The molecule has 0 N–H and O–H groups in total. The molecule has 1 heterocycles. The molecule has 4 nitrogen and oxygen atoms in total. The average Bonchev–Trinajstić information content (AvgIpc) is 3.08. The topological polar surface area (TPSA) is 44.8 Å². The highest BCUT2D eigenvalue weighted by atomic mass is 32.2. The number of carbonyl (C=O) groups excluding carboxylic acids is 1. The summed E-state index contributed by atoms with van der Waals surface area (Å²) in [6, 6.07) is 29.6. The largest absolute Gasteiger partial charge is 0.497 e. The molecule has 3 aromatic rings. The fraction of sp³-hybridized carbons (Fsp3) is 0.525. The van der Waals surface area contributed by atoms with Gasteiger partial charge in [-0.15, -0.1) is 23.5 Å². The zero-order valence-electron chi connectivity index (χ0n) is 29.6. The lowest BCUT2D eigenvalue weighted by atomic mass is 9.88.